The van der Waals surface area contributed by atoms with Gasteiger partial charge in [0.25, 0.3) is 0 Å². The molecule has 1 fully saturated rings. The molecule has 0 radical (unpaired) electrons. The first-order valence-electron chi connectivity index (χ1n) is 6.20. The smallest absolute Gasteiger partial charge is 0.230 e. The number of rotatable bonds is 3. The number of alkyl halides is 1. The van der Waals surface area contributed by atoms with E-state index in [2.05, 4.69) is 22.9 Å². The summed E-state index contributed by atoms with van der Waals surface area (Å²) in [6.07, 6.45) is 1.93. The van der Waals surface area contributed by atoms with Gasteiger partial charge in [0.1, 0.15) is 0 Å². The van der Waals surface area contributed by atoms with E-state index in [1.165, 1.54) is 0 Å². The zero-order valence-electron chi connectivity index (χ0n) is 10.1. The van der Waals surface area contributed by atoms with Gasteiger partial charge in [-0.3, -0.25) is 4.79 Å². The van der Waals surface area contributed by atoms with Crippen molar-refractivity contribution < 1.29 is 4.79 Å². The van der Waals surface area contributed by atoms with E-state index in [1.54, 1.807) is 0 Å². The molecule has 92 valence electrons. The number of benzene rings is 1. The average molecular weight is 296 g/mol. The van der Waals surface area contributed by atoms with Crippen LogP contribution in [0.5, 0.6) is 0 Å². The monoisotopic (exact) mass is 295 g/mol. The molecule has 0 aromatic heterocycles. The third kappa shape index (κ3) is 2.89. The largest absolute Gasteiger partial charge is 0.341 e. The van der Waals surface area contributed by atoms with Crippen molar-refractivity contribution in [1.82, 2.24) is 4.90 Å². The van der Waals surface area contributed by atoms with Crippen molar-refractivity contribution in [2.24, 2.45) is 0 Å². The van der Waals surface area contributed by atoms with E-state index in [0.29, 0.717) is 4.83 Å². The van der Waals surface area contributed by atoms with Gasteiger partial charge in [0.15, 0.2) is 0 Å². The van der Waals surface area contributed by atoms with Crippen LogP contribution < -0.4 is 0 Å². The molecule has 2 unspecified atom stereocenters. The first kappa shape index (κ1) is 12.6. The lowest BCUT2D eigenvalue weighted by atomic mass is 9.95. The number of likely N-dealkylation sites (tertiary alicyclic amines) is 1. The van der Waals surface area contributed by atoms with Crippen LogP contribution in [-0.2, 0) is 4.79 Å². The van der Waals surface area contributed by atoms with Crippen molar-refractivity contribution >= 4 is 21.8 Å². The Morgan fingerprint density at radius 2 is 2.18 bits per heavy atom. The fraction of sp³-hybridized carbons (Fsp3) is 0.500. The standard InChI is InChI=1S/C14H18BrNO/c1-2-13(11-6-4-3-5-7-11)14(17)16-9-8-12(15)10-16/h3-7,12-13H,2,8-10H2,1H3. The maximum Gasteiger partial charge on any atom is 0.230 e. The number of carbonyl (C=O) groups is 1. The second-order valence-corrected chi connectivity index (χ2v) is 5.84. The number of hydrogen-bond donors (Lipinski definition) is 0. The lowest BCUT2D eigenvalue weighted by Gasteiger charge is -2.22. The van der Waals surface area contributed by atoms with E-state index in [1.807, 2.05) is 35.2 Å². The Kier molecular flexibility index (Phi) is 4.21. The van der Waals surface area contributed by atoms with Crippen molar-refractivity contribution in [1.29, 1.82) is 0 Å². The summed E-state index contributed by atoms with van der Waals surface area (Å²) < 4.78 is 0. The second-order valence-electron chi connectivity index (χ2n) is 4.54. The van der Waals surface area contributed by atoms with E-state index in [0.717, 1.165) is 31.5 Å². The first-order valence-corrected chi connectivity index (χ1v) is 7.11. The summed E-state index contributed by atoms with van der Waals surface area (Å²) >= 11 is 3.58. The Balaban J connectivity index is 2.11. The molecule has 2 rings (SSSR count). The number of halogens is 1. The zero-order chi connectivity index (χ0) is 12.3. The van der Waals surface area contributed by atoms with Crippen LogP contribution in [0.4, 0.5) is 0 Å². The maximum atomic E-state index is 12.4. The summed E-state index contributed by atoms with van der Waals surface area (Å²) in [5, 5.41) is 0. The van der Waals surface area contributed by atoms with E-state index >= 15 is 0 Å². The fourth-order valence-electron chi connectivity index (χ4n) is 2.38. The van der Waals surface area contributed by atoms with Crippen LogP contribution in [0.15, 0.2) is 30.3 Å². The third-order valence-corrected chi connectivity index (χ3v) is 4.10. The third-order valence-electron chi connectivity index (χ3n) is 3.35. The van der Waals surface area contributed by atoms with Gasteiger partial charge in [0, 0.05) is 17.9 Å². The minimum Gasteiger partial charge on any atom is -0.341 e. The molecule has 1 aromatic rings. The van der Waals surface area contributed by atoms with Crippen LogP contribution in [0, 0.1) is 0 Å². The van der Waals surface area contributed by atoms with Crippen molar-refractivity contribution in [2.45, 2.75) is 30.5 Å². The number of amides is 1. The summed E-state index contributed by atoms with van der Waals surface area (Å²) in [6.45, 7) is 3.82. The average Bonchev–Trinajstić information content (AvgIpc) is 2.78. The molecular formula is C14H18BrNO. The van der Waals surface area contributed by atoms with Crippen molar-refractivity contribution in [3.05, 3.63) is 35.9 Å². The van der Waals surface area contributed by atoms with Gasteiger partial charge < -0.3 is 4.90 Å². The van der Waals surface area contributed by atoms with Crippen LogP contribution >= 0.6 is 15.9 Å². The lowest BCUT2D eigenvalue weighted by molar-refractivity contribution is -0.131. The highest BCUT2D eigenvalue weighted by Crippen LogP contribution is 2.25. The van der Waals surface area contributed by atoms with Gasteiger partial charge in [0.05, 0.1) is 5.92 Å². The van der Waals surface area contributed by atoms with E-state index < -0.39 is 0 Å². The molecule has 3 heteroatoms. The maximum absolute atomic E-state index is 12.4. The van der Waals surface area contributed by atoms with Crippen molar-refractivity contribution in [3.63, 3.8) is 0 Å². The second kappa shape index (κ2) is 5.67. The molecule has 2 nitrogen and oxygen atoms in total. The molecule has 0 aliphatic carbocycles. The number of carbonyl (C=O) groups excluding carboxylic acids is 1. The van der Waals surface area contributed by atoms with Gasteiger partial charge in [-0.05, 0) is 18.4 Å². The number of nitrogens with zero attached hydrogens (tertiary/aromatic N) is 1. The Labute approximate surface area is 111 Å². The molecule has 0 spiro atoms. The Morgan fingerprint density at radius 3 is 2.71 bits per heavy atom. The Hall–Kier alpha value is -0.830. The summed E-state index contributed by atoms with van der Waals surface area (Å²) in [4.78, 5) is 14.9. The normalized spacial score (nSPS) is 21.5. The quantitative estimate of drug-likeness (QED) is 0.785. The SMILES string of the molecule is CCC(C(=O)N1CCC(Br)C1)c1ccccc1. The molecule has 1 saturated heterocycles. The van der Waals surface area contributed by atoms with E-state index in [4.69, 9.17) is 0 Å². The molecule has 0 N–H and O–H groups in total. The summed E-state index contributed by atoms with van der Waals surface area (Å²) in [6, 6.07) is 10.1. The molecule has 0 bridgehead atoms. The summed E-state index contributed by atoms with van der Waals surface area (Å²) in [7, 11) is 0. The van der Waals surface area contributed by atoms with Crippen LogP contribution in [-0.4, -0.2) is 28.7 Å². The Bertz CT molecular complexity index is 379. The molecule has 1 amide bonds. The van der Waals surface area contributed by atoms with Crippen LogP contribution in [0.3, 0.4) is 0 Å². The van der Waals surface area contributed by atoms with Crippen LogP contribution in [0.2, 0.25) is 0 Å². The minimum absolute atomic E-state index is 0.0222. The van der Waals surface area contributed by atoms with Gasteiger partial charge in [0.2, 0.25) is 5.91 Å². The molecule has 1 aliphatic heterocycles. The molecule has 17 heavy (non-hydrogen) atoms. The zero-order valence-corrected chi connectivity index (χ0v) is 11.7. The minimum atomic E-state index is 0.0222. The van der Waals surface area contributed by atoms with Gasteiger partial charge in [-0.25, -0.2) is 0 Å². The van der Waals surface area contributed by atoms with E-state index in [9.17, 15) is 4.79 Å². The van der Waals surface area contributed by atoms with Crippen molar-refractivity contribution in [2.75, 3.05) is 13.1 Å². The van der Waals surface area contributed by atoms with Gasteiger partial charge in [-0.1, -0.05) is 53.2 Å². The van der Waals surface area contributed by atoms with E-state index in [-0.39, 0.29) is 11.8 Å². The summed E-state index contributed by atoms with van der Waals surface area (Å²) in [5.41, 5.74) is 1.14. The predicted molar refractivity (Wildman–Crippen MR) is 73.4 cm³/mol. The summed E-state index contributed by atoms with van der Waals surface area (Å²) in [5.74, 6) is 0.301. The number of hydrogen-bond acceptors (Lipinski definition) is 1. The molecule has 1 aromatic carbocycles. The first-order chi connectivity index (χ1) is 8.22. The lowest BCUT2D eigenvalue weighted by Crippen LogP contribution is -2.33. The van der Waals surface area contributed by atoms with Gasteiger partial charge in [-0.2, -0.15) is 0 Å². The van der Waals surface area contributed by atoms with Crippen molar-refractivity contribution in [3.8, 4) is 0 Å². The highest BCUT2D eigenvalue weighted by molar-refractivity contribution is 9.09. The molecular weight excluding hydrogens is 278 g/mol. The fourth-order valence-corrected chi connectivity index (χ4v) is 2.93. The highest BCUT2D eigenvalue weighted by Gasteiger charge is 2.29. The topological polar surface area (TPSA) is 20.3 Å². The van der Waals surface area contributed by atoms with Gasteiger partial charge in [-0.15, -0.1) is 0 Å². The molecule has 1 heterocycles. The van der Waals surface area contributed by atoms with Gasteiger partial charge >= 0.3 is 0 Å². The highest BCUT2D eigenvalue weighted by atomic mass is 79.9. The van der Waals surface area contributed by atoms with Crippen LogP contribution in [0.1, 0.15) is 31.2 Å². The molecule has 1 aliphatic rings. The van der Waals surface area contributed by atoms with Crippen LogP contribution in [0.25, 0.3) is 0 Å². The molecule has 0 saturated carbocycles. The predicted octanol–water partition coefficient (Wildman–Crippen LogP) is 3.18. The molecule has 2 atom stereocenters. The Morgan fingerprint density at radius 1 is 1.47 bits per heavy atom.